The third-order valence-corrected chi connectivity index (χ3v) is 2.36. The van der Waals surface area contributed by atoms with Crippen molar-refractivity contribution in [1.29, 1.82) is 0 Å². The van der Waals surface area contributed by atoms with E-state index in [9.17, 15) is 15.2 Å². The predicted octanol–water partition coefficient (Wildman–Crippen LogP) is 1.20. The van der Waals surface area contributed by atoms with Crippen LogP contribution in [0.15, 0.2) is 18.2 Å². The first-order valence-corrected chi connectivity index (χ1v) is 5.36. The van der Waals surface area contributed by atoms with Gasteiger partial charge in [-0.15, -0.1) is 0 Å². The van der Waals surface area contributed by atoms with Crippen molar-refractivity contribution in [3.8, 4) is 5.75 Å². The first-order valence-electron chi connectivity index (χ1n) is 5.36. The van der Waals surface area contributed by atoms with Crippen LogP contribution in [0.5, 0.6) is 5.75 Å². The van der Waals surface area contributed by atoms with E-state index < -0.39 is 11.0 Å². The molecule has 0 aliphatic heterocycles. The van der Waals surface area contributed by atoms with E-state index >= 15 is 0 Å². The van der Waals surface area contributed by atoms with Crippen molar-refractivity contribution < 1.29 is 14.8 Å². The van der Waals surface area contributed by atoms with Crippen molar-refractivity contribution >= 4 is 5.69 Å². The summed E-state index contributed by atoms with van der Waals surface area (Å²) in [6.45, 7) is 2.12. The molecule has 1 aromatic carbocycles. The number of benzene rings is 1. The highest BCUT2D eigenvalue weighted by molar-refractivity contribution is 5.48. The molecule has 0 fully saturated rings. The number of nitro benzene ring substituents is 1. The lowest BCUT2D eigenvalue weighted by Gasteiger charge is -2.11. The van der Waals surface area contributed by atoms with Gasteiger partial charge >= 0.3 is 5.69 Å². The second-order valence-electron chi connectivity index (χ2n) is 3.64. The summed E-state index contributed by atoms with van der Waals surface area (Å²) < 4.78 is 5.25. The molecule has 0 aliphatic rings. The van der Waals surface area contributed by atoms with Crippen molar-refractivity contribution in [2.45, 2.75) is 26.0 Å². The van der Waals surface area contributed by atoms with Gasteiger partial charge in [0.2, 0.25) is 0 Å². The van der Waals surface area contributed by atoms with E-state index in [1.165, 1.54) is 12.1 Å². The third-order valence-electron chi connectivity index (χ3n) is 2.36. The highest BCUT2D eigenvalue weighted by atomic mass is 16.6. The number of nitrogens with two attached hydrogens (primary N) is 1. The highest BCUT2D eigenvalue weighted by Crippen LogP contribution is 2.28. The molecule has 0 saturated carbocycles. The smallest absolute Gasteiger partial charge is 0.310 e. The first kappa shape index (κ1) is 13.4. The average Bonchev–Trinajstić information content (AvgIpc) is 2.35. The van der Waals surface area contributed by atoms with E-state index in [0.717, 1.165) is 5.56 Å². The van der Waals surface area contributed by atoms with Gasteiger partial charge in [0.25, 0.3) is 0 Å². The molecule has 0 aromatic heterocycles. The predicted molar refractivity (Wildman–Crippen MR) is 62.8 cm³/mol. The first-order chi connectivity index (χ1) is 8.08. The van der Waals surface area contributed by atoms with Crippen LogP contribution in [-0.4, -0.2) is 22.7 Å². The number of nitrogens with zero attached hydrogens (tertiary/aromatic N) is 1. The maximum Gasteiger partial charge on any atom is 0.310 e. The molecule has 0 saturated heterocycles. The SMILES string of the molecule is CCC(O)COc1cc(CN)ccc1[N+](=O)[O-]. The standard InChI is InChI=1S/C11H16N2O4/c1-2-9(14)7-17-11-5-8(6-12)3-4-10(11)13(15)16/h3-5,9,14H,2,6-7,12H2,1H3. The van der Waals surface area contributed by atoms with Gasteiger partial charge in [0.15, 0.2) is 5.75 Å². The maximum atomic E-state index is 10.8. The van der Waals surface area contributed by atoms with E-state index in [4.69, 9.17) is 10.5 Å². The molecule has 0 radical (unpaired) electrons. The lowest BCUT2D eigenvalue weighted by Crippen LogP contribution is -2.16. The van der Waals surface area contributed by atoms with Gasteiger partial charge in [-0.05, 0) is 18.1 Å². The van der Waals surface area contributed by atoms with Gasteiger partial charge in [0, 0.05) is 12.6 Å². The van der Waals surface area contributed by atoms with Gasteiger partial charge in [0.05, 0.1) is 11.0 Å². The van der Waals surface area contributed by atoms with Crippen LogP contribution in [0.25, 0.3) is 0 Å². The van der Waals surface area contributed by atoms with Crippen LogP contribution in [0, 0.1) is 10.1 Å². The molecule has 0 bridgehead atoms. The topological polar surface area (TPSA) is 98.6 Å². The minimum atomic E-state index is -0.629. The Kier molecular flexibility index (Phi) is 4.86. The molecule has 3 N–H and O–H groups in total. The van der Waals surface area contributed by atoms with Crippen molar-refractivity contribution in [2.24, 2.45) is 5.73 Å². The minimum absolute atomic E-state index is 0.0331. The normalized spacial score (nSPS) is 12.2. The molecule has 94 valence electrons. The Labute approximate surface area is 99.2 Å². The Bertz CT molecular complexity index is 395. The molecule has 0 heterocycles. The van der Waals surface area contributed by atoms with Gasteiger partial charge in [-0.1, -0.05) is 13.0 Å². The van der Waals surface area contributed by atoms with E-state index in [0.29, 0.717) is 6.42 Å². The van der Waals surface area contributed by atoms with Crippen LogP contribution in [0.1, 0.15) is 18.9 Å². The van der Waals surface area contributed by atoms with E-state index in [2.05, 4.69) is 0 Å². The number of ether oxygens (including phenoxy) is 1. The van der Waals surface area contributed by atoms with E-state index in [1.807, 2.05) is 0 Å². The summed E-state index contributed by atoms with van der Waals surface area (Å²) in [6.07, 6.45) is -0.0965. The van der Waals surface area contributed by atoms with E-state index in [1.54, 1.807) is 13.0 Å². The molecule has 0 amide bonds. The number of aliphatic hydroxyl groups excluding tert-OH is 1. The number of hydrogen-bond donors (Lipinski definition) is 2. The summed E-state index contributed by atoms with van der Waals surface area (Å²) in [6, 6.07) is 4.47. The molecule has 0 aliphatic carbocycles. The lowest BCUT2D eigenvalue weighted by atomic mass is 10.2. The van der Waals surface area contributed by atoms with Crippen molar-refractivity contribution in [1.82, 2.24) is 0 Å². The summed E-state index contributed by atoms with van der Waals surface area (Å²) in [7, 11) is 0. The average molecular weight is 240 g/mol. The highest BCUT2D eigenvalue weighted by Gasteiger charge is 2.16. The summed E-state index contributed by atoms with van der Waals surface area (Å²) in [5.41, 5.74) is 6.08. The van der Waals surface area contributed by atoms with Crippen LogP contribution >= 0.6 is 0 Å². The minimum Gasteiger partial charge on any atom is -0.484 e. The number of aliphatic hydroxyl groups is 1. The van der Waals surface area contributed by atoms with Crippen LogP contribution in [-0.2, 0) is 6.54 Å². The van der Waals surface area contributed by atoms with Gasteiger partial charge in [-0.2, -0.15) is 0 Å². The Morgan fingerprint density at radius 2 is 2.29 bits per heavy atom. The van der Waals surface area contributed by atoms with Crippen LogP contribution < -0.4 is 10.5 Å². The fourth-order valence-corrected chi connectivity index (χ4v) is 1.26. The monoisotopic (exact) mass is 240 g/mol. The molecule has 1 aromatic rings. The third kappa shape index (κ3) is 3.69. The molecule has 6 heteroatoms. The molecule has 1 rings (SSSR count). The summed E-state index contributed by atoms with van der Waals surface area (Å²) >= 11 is 0. The molecule has 1 atom stereocenters. The zero-order chi connectivity index (χ0) is 12.8. The Morgan fingerprint density at radius 3 is 2.82 bits per heavy atom. The molecule has 6 nitrogen and oxygen atoms in total. The molecule has 0 spiro atoms. The fraction of sp³-hybridized carbons (Fsp3) is 0.455. The fourth-order valence-electron chi connectivity index (χ4n) is 1.26. The molecule has 17 heavy (non-hydrogen) atoms. The van der Waals surface area contributed by atoms with Crippen LogP contribution in [0.2, 0.25) is 0 Å². The second-order valence-corrected chi connectivity index (χ2v) is 3.64. The van der Waals surface area contributed by atoms with Gasteiger partial charge in [-0.25, -0.2) is 0 Å². The maximum absolute atomic E-state index is 10.8. The summed E-state index contributed by atoms with van der Waals surface area (Å²) in [5.74, 6) is 0.144. The Morgan fingerprint density at radius 1 is 1.59 bits per heavy atom. The van der Waals surface area contributed by atoms with Gasteiger partial charge in [-0.3, -0.25) is 10.1 Å². The Balaban J connectivity index is 2.89. The quantitative estimate of drug-likeness (QED) is 0.575. The molecule has 1 unspecified atom stereocenters. The van der Waals surface area contributed by atoms with Gasteiger partial charge in [0.1, 0.15) is 6.61 Å². The zero-order valence-electron chi connectivity index (χ0n) is 9.63. The Hall–Kier alpha value is -1.66. The summed E-state index contributed by atoms with van der Waals surface area (Å²) in [4.78, 5) is 10.2. The van der Waals surface area contributed by atoms with Crippen LogP contribution in [0.4, 0.5) is 5.69 Å². The van der Waals surface area contributed by atoms with Crippen molar-refractivity contribution in [3.05, 3.63) is 33.9 Å². The van der Waals surface area contributed by atoms with E-state index in [-0.39, 0.29) is 24.6 Å². The lowest BCUT2D eigenvalue weighted by molar-refractivity contribution is -0.385. The molecular weight excluding hydrogens is 224 g/mol. The number of hydrogen-bond acceptors (Lipinski definition) is 5. The number of rotatable bonds is 6. The van der Waals surface area contributed by atoms with Crippen molar-refractivity contribution in [2.75, 3.05) is 6.61 Å². The zero-order valence-corrected chi connectivity index (χ0v) is 9.63. The molecular formula is C11H16N2O4. The van der Waals surface area contributed by atoms with Gasteiger partial charge < -0.3 is 15.6 Å². The summed E-state index contributed by atoms with van der Waals surface area (Å²) in [5, 5.41) is 20.1. The van der Waals surface area contributed by atoms with Crippen LogP contribution in [0.3, 0.4) is 0 Å². The largest absolute Gasteiger partial charge is 0.484 e. The second kappa shape index (κ2) is 6.17. The number of nitro groups is 1. The van der Waals surface area contributed by atoms with Crippen molar-refractivity contribution in [3.63, 3.8) is 0 Å².